The summed E-state index contributed by atoms with van der Waals surface area (Å²) in [6, 6.07) is 3.29. The molecule has 1 aliphatic rings. The molecule has 1 saturated heterocycles. The van der Waals surface area contributed by atoms with Crippen molar-refractivity contribution in [3.05, 3.63) is 26.3 Å². The van der Waals surface area contributed by atoms with Gasteiger partial charge < -0.3 is 14.2 Å². The van der Waals surface area contributed by atoms with Crippen molar-refractivity contribution in [3.8, 4) is 5.75 Å². The molecule has 6 heteroatoms. The molecule has 0 N–H and O–H groups in total. The zero-order chi connectivity index (χ0) is 14.5. The summed E-state index contributed by atoms with van der Waals surface area (Å²) in [7, 11) is 1.51. The number of carbonyl (C=O) groups excluding carboxylic acids is 1. The zero-order valence-electron chi connectivity index (χ0n) is 11.2. The average molecular weight is 411 g/mol. The Balaban J connectivity index is 2.02. The minimum Gasteiger partial charge on any atom is -0.496 e. The van der Waals surface area contributed by atoms with Crippen LogP contribution in [0, 0.1) is 3.57 Å². The standard InChI is InChI=1S/C14H16ClIO4/c1-18-13-7-12(16)11(15)6-10(13)14(17)20-8-9-4-2-3-5-19-9/h6-7,9H,2-5,8H2,1H3. The molecule has 110 valence electrons. The quantitative estimate of drug-likeness (QED) is 0.561. The maximum atomic E-state index is 12.1. The molecule has 0 saturated carbocycles. The van der Waals surface area contributed by atoms with E-state index in [1.807, 2.05) is 0 Å². The number of hydrogen-bond donors (Lipinski definition) is 0. The fraction of sp³-hybridized carbons (Fsp3) is 0.500. The van der Waals surface area contributed by atoms with Crippen molar-refractivity contribution >= 4 is 40.2 Å². The number of benzene rings is 1. The predicted molar refractivity (Wildman–Crippen MR) is 84.6 cm³/mol. The minimum atomic E-state index is -0.436. The van der Waals surface area contributed by atoms with E-state index in [0.29, 0.717) is 16.3 Å². The molecule has 20 heavy (non-hydrogen) atoms. The van der Waals surface area contributed by atoms with Crippen molar-refractivity contribution in [1.29, 1.82) is 0 Å². The summed E-state index contributed by atoms with van der Waals surface area (Å²) in [4.78, 5) is 12.1. The largest absolute Gasteiger partial charge is 0.496 e. The minimum absolute atomic E-state index is 0.00184. The lowest BCUT2D eigenvalue weighted by atomic mass is 10.1. The van der Waals surface area contributed by atoms with Crippen LogP contribution in [0.4, 0.5) is 0 Å². The zero-order valence-corrected chi connectivity index (χ0v) is 14.1. The van der Waals surface area contributed by atoms with Gasteiger partial charge in [-0.15, -0.1) is 0 Å². The van der Waals surface area contributed by atoms with Gasteiger partial charge in [-0.2, -0.15) is 0 Å². The van der Waals surface area contributed by atoms with E-state index in [2.05, 4.69) is 22.6 Å². The summed E-state index contributed by atoms with van der Waals surface area (Å²) in [5.41, 5.74) is 0.341. The molecule has 1 fully saturated rings. The van der Waals surface area contributed by atoms with Crippen LogP contribution in [0.3, 0.4) is 0 Å². The molecule has 4 nitrogen and oxygen atoms in total. The Bertz CT molecular complexity index is 486. The van der Waals surface area contributed by atoms with Gasteiger partial charge in [0.2, 0.25) is 0 Å². The lowest BCUT2D eigenvalue weighted by Crippen LogP contribution is -2.26. The first kappa shape index (κ1) is 15.9. The Morgan fingerprint density at radius 3 is 2.95 bits per heavy atom. The van der Waals surface area contributed by atoms with E-state index in [-0.39, 0.29) is 12.7 Å². The molecule has 0 radical (unpaired) electrons. The number of methoxy groups -OCH3 is 1. The van der Waals surface area contributed by atoms with E-state index in [4.69, 9.17) is 25.8 Å². The molecule has 0 spiro atoms. The maximum Gasteiger partial charge on any atom is 0.342 e. The van der Waals surface area contributed by atoms with Gasteiger partial charge in [0.05, 0.1) is 18.2 Å². The topological polar surface area (TPSA) is 44.8 Å². The molecule has 0 aromatic heterocycles. The highest BCUT2D eigenvalue weighted by molar-refractivity contribution is 14.1. The SMILES string of the molecule is COc1cc(I)c(Cl)cc1C(=O)OCC1CCCCO1. The second-order valence-electron chi connectivity index (χ2n) is 4.55. The highest BCUT2D eigenvalue weighted by atomic mass is 127. The smallest absolute Gasteiger partial charge is 0.342 e. The lowest BCUT2D eigenvalue weighted by Gasteiger charge is -2.22. The number of esters is 1. The summed E-state index contributed by atoms with van der Waals surface area (Å²) < 4.78 is 16.9. The van der Waals surface area contributed by atoms with E-state index in [1.165, 1.54) is 7.11 Å². The van der Waals surface area contributed by atoms with Crippen LogP contribution in [-0.2, 0) is 9.47 Å². The van der Waals surface area contributed by atoms with Crippen LogP contribution in [-0.4, -0.2) is 32.4 Å². The Hall–Kier alpha value is -0.530. The van der Waals surface area contributed by atoms with Crippen LogP contribution in [0.15, 0.2) is 12.1 Å². The number of carbonyl (C=O) groups is 1. The van der Waals surface area contributed by atoms with Gasteiger partial charge in [-0.3, -0.25) is 0 Å². The molecular formula is C14H16ClIO4. The third-order valence-corrected chi connectivity index (χ3v) is 4.66. The van der Waals surface area contributed by atoms with Crippen LogP contribution in [0.2, 0.25) is 5.02 Å². The summed E-state index contributed by atoms with van der Waals surface area (Å²) in [5, 5.41) is 0.507. The molecule has 1 aromatic carbocycles. The molecule has 1 aliphatic heterocycles. The second kappa shape index (κ2) is 7.47. The Morgan fingerprint density at radius 2 is 2.30 bits per heavy atom. The summed E-state index contributed by atoms with van der Waals surface area (Å²) in [5.74, 6) is 0.0303. The van der Waals surface area contributed by atoms with Crippen molar-refractivity contribution in [2.75, 3.05) is 20.3 Å². The maximum absolute atomic E-state index is 12.1. The van der Waals surface area contributed by atoms with Crippen LogP contribution in [0.25, 0.3) is 0 Å². The monoisotopic (exact) mass is 410 g/mol. The van der Waals surface area contributed by atoms with Crippen molar-refractivity contribution < 1.29 is 19.0 Å². The third kappa shape index (κ3) is 3.99. The Labute approximate surface area is 136 Å². The third-order valence-electron chi connectivity index (χ3n) is 3.14. The average Bonchev–Trinajstić information content (AvgIpc) is 2.48. The van der Waals surface area contributed by atoms with Crippen molar-refractivity contribution in [3.63, 3.8) is 0 Å². The highest BCUT2D eigenvalue weighted by Gasteiger charge is 2.20. The fourth-order valence-electron chi connectivity index (χ4n) is 2.04. The number of hydrogen-bond acceptors (Lipinski definition) is 4. The molecule has 1 unspecified atom stereocenters. The number of rotatable bonds is 4. The molecular weight excluding hydrogens is 395 g/mol. The second-order valence-corrected chi connectivity index (χ2v) is 6.12. The van der Waals surface area contributed by atoms with Gasteiger partial charge in [-0.1, -0.05) is 11.6 Å². The van der Waals surface area contributed by atoms with Gasteiger partial charge >= 0.3 is 5.97 Å². The summed E-state index contributed by atoms with van der Waals surface area (Å²) in [6.45, 7) is 1.01. The molecule has 0 amide bonds. The van der Waals surface area contributed by atoms with E-state index in [0.717, 1.165) is 29.4 Å². The van der Waals surface area contributed by atoms with Crippen LogP contribution in [0.5, 0.6) is 5.75 Å². The summed E-state index contributed by atoms with van der Waals surface area (Å²) in [6.07, 6.45) is 3.11. The molecule has 1 atom stereocenters. The van der Waals surface area contributed by atoms with Gasteiger partial charge in [0, 0.05) is 10.2 Å². The van der Waals surface area contributed by atoms with Crippen LogP contribution >= 0.6 is 34.2 Å². The van der Waals surface area contributed by atoms with Gasteiger partial charge in [0.25, 0.3) is 0 Å². The van der Waals surface area contributed by atoms with E-state index in [9.17, 15) is 4.79 Å². The van der Waals surface area contributed by atoms with E-state index in [1.54, 1.807) is 12.1 Å². The normalized spacial score (nSPS) is 18.6. The van der Waals surface area contributed by atoms with E-state index >= 15 is 0 Å². The molecule has 0 aliphatic carbocycles. The molecule has 2 rings (SSSR count). The number of halogens is 2. The fourth-order valence-corrected chi connectivity index (χ4v) is 2.64. The van der Waals surface area contributed by atoms with Crippen LogP contribution in [0.1, 0.15) is 29.6 Å². The predicted octanol–water partition coefficient (Wildman–Crippen LogP) is 3.68. The first-order chi connectivity index (χ1) is 9.61. The highest BCUT2D eigenvalue weighted by Crippen LogP contribution is 2.28. The first-order valence-electron chi connectivity index (χ1n) is 6.43. The number of ether oxygens (including phenoxy) is 3. The lowest BCUT2D eigenvalue weighted by molar-refractivity contribution is -0.0301. The van der Waals surface area contributed by atoms with Gasteiger partial charge in [0.1, 0.15) is 17.9 Å². The Morgan fingerprint density at radius 1 is 1.50 bits per heavy atom. The van der Waals surface area contributed by atoms with Crippen molar-refractivity contribution in [1.82, 2.24) is 0 Å². The van der Waals surface area contributed by atoms with Gasteiger partial charge in [0.15, 0.2) is 0 Å². The van der Waals surface area contributed by atoms with Crippen molar-refractivity contribution in [2.45, 2.75) is 25.4 Å². The molecule has 1 heterocycles. The van der Waals surface area contributed by atoms with Gasteiger partial charge in [-0.05, 0) is 54.0 Å². The van der Waals surface area contributed by atoms with Crippen molar-refractivity contribution in [2.24, 2.45) is 0 Å². The molecule has 1 aromatic rings. The first-order valence-corrected chi connectivity index (χ1v) is 7.89. The van der Waals surface area contributed by atoms with E-state index < -0.39 is 5.97 Å². The van der Waals surface area contributed by atoms with Crippen LogP contribution < -0.4 is 4.74 Å². The summed E-state index contributed by atoms with van der Waals surface area (Å²) >= 11 is 8.13. The van der Waals surface area contributed by atoms with Gasteiger partial charge in [-0.25, -0.2) is 4.79 Å². The Kier molecular flexibility index (Phi) is 5.92. The molecule has 0 bridgehead atoms.